The third-order valence-corrected chi connectivity index (χ3v) is 7.56. The topological polar surface area (TPSA) is 58.2 Å². The van der Waals surface area contributed by atoms with Gasteiger partial charge in [0.15, 0.2) is 0 Å². The molecule has 2 bridgehead atoms. The lowest BCUT2D eigenvalue weighted by Gasteiger charge is -2.22. The maximum absolute atomic E-state index is 12.4. The maximum Gasteiger partial charge on any atom is 0.250 e. The lowest BCUT2D eigenvalue weighted by atomic mass is 9.96. The second-order valence-corrected chi connectivity index (χ2v) is 9.01. The van der Waals surface area contributed by atoms with Crippen molar-refractivity contribution >= 4 is 21.4 Å². The number of nitrogens with one attached hydrogen (secondary N) is 2. The first-order valence-electron chi connectivity index (χ1n) is 7.40. The van der Waals surface area contributed by atoms with Gasteiger partial charge >= 0.3 is 0 Å². The first-order valence-corrected chi connectivity index (χ1v) is 9.70. The zero-order chi connectivity index (χ0) is 14.2. The molecule has 2 saturated carbocycles. The van der Waals surface area contributed by atoms with Gasteiger partial charge in [0.25, 0.3) is 0 Å². The third-order valence-electron chi connectivity index (χ3n) is 4.50. The van der Waals surface area contributed by atoms with Crippen LogP contribution in [0.15, 0.2) is 16.3 Å². The van der Waals surface area contributed by atoms with Crippen LogP contribution in [-0.2, 0) is 16.6 Å². The first-order chi connectivity index (χ1) is 9.58. The van der Waals surface area contributed by atoms with E-state index in [9.17, 15) is 8.42 Å². The molecule has 1 heterocycles. The molecule has 6 heteroatoms. The van der Waals surface area contributed by atoms with Crippen molar-refractivity contribution in [2.45, 2.75) is 49.4 Å². The summed E-state index contributed by atoms with van der Waals surface area (Å²) in [5.74, 6) is 1.32. The van der Waals surface area contributed by atoms with Crippen molar-refractivity contribution in [2.24, 2.45) is 11.8 Å². The minimum Gasteiger partial charge on any atom is -0.312 e. The molecule has 2 fully saturated rings. The SMILES string of the molecule is CCNCc1ccc(S(=O)(=O)NC2CC3CCC2C3)s1. The summed E-state index contributed by atoms with van der Waals surface area (Å²) in [7, 11) is -3.33. The van der Waals surface area contributed by atoms with Crippen molar-refractivity contribution < 1.29 is 8.42 Å². The standard InChI is InChI=1S/C14H22N2O2S2/c1-2-15-9-12-5-6-14(19-12)20(17,18)16-13-8-10-3-4-11(13)7-10/h5-6,10-11,13,15-16H,2-4,7-9H2,1H3. The Bertz CT molecular complexity index is 567. The van der Waals surface area contributed by atoms with Crippen molar-refractivity contribution in [1.29, 1.82) is 0 Å². The van der Waals surface area contributed by atoms with Crippen molar-refractivity contribution in [1.82, 2.24) is 10.0 Å². The van der Waals surface area contributed by atoms with Crippen LogP contribution in [0.2, 0.25) is 0 Å². The highest BCUT2D eigenvalue weighted by molar-refractivity contribution is 7.91. The molecule has 2 aliphatic carbocycles. The molecule has 2 N–H and O–H groups in total. The Hall–Kier alpha value is -0.430. The molecule has 4 nitrogen and oxygen atoms in total. The van der Waals surface area contributed by atoms with Gasteiger partial charge in [-0.2, -0.15) is 0 Å². The molecule has 112 valence electrons. The first kappa shape index (κ1) is 14.5. The average molecular weight is 314 g/mol. The maximum atomic E-state index is 12.4. The lowest BCUT2D eigenvalue weighted by molar-refractivity contribution is 0.390. The number of sulfonamides is 1. The van der Waals surface area contributed by atoms with Gasteiger partial charge in [-0.3, -0.25) is 0 Å². The smallest absolute Gasteiger partial charge is 0.250 e. The van der Waals surface area contributed by atoms with Gasteiger partial charge in [-0.25, -0.2) is 13.1 Å². The van der Waals surface area contributed by atoms with E-state index < -0.39 is 10.0 Å². The predicted molar refractivity (Wildman–Crippen MR) is 81.3 cm³/mol. The number of thiophene rings is 1. The molecular weight excluding hydrogens is 292 g/mol. The summed E-state index contributed by atoms with van der Waals surface area (Å²) in [5.41, 5.74) is 0. The van der Waals surface area contributed by atoms with E-state index in [-0.39, 0.29) is 6.04 Å². The van der Waals surface area contributed by atoms with Crippen molar-refractivity contribution in [3.63, 3.8) is 0 Å². The van der Waals surface area contributed by atoms with E-state index in [1.54, 1.807) is 6.07 Å². The Morgan fingerprint density at radius 2 is 2.15 bits per heavy atom. The molecule has 0 spiro atoms. The Morgan fingerprint density at radius 3 is 2.80 bits per heavy atom. The highest BCUT2D eigenvalue weighted by atomic mass is 32.2. The fourth-order valence-electron chi connectivity index (χ4n) is 3.49. The van der Waals surface area contributed by atoms with Gasteiger partial charge in [-0.05, 0) is 49.8 Å². The van der Waals surface area contributed by atoms with Crippen LogP contribution in [0.4, 0.5) is 0 Å². The van der Waals surface area contributed by atoms with Crippen LogP contribution in [0, 0.1) is 11.8 Å². The van der Waals surface area contributed by atoms with Gasteiger partial charge in [0.05, 0.1) is 0 Å². The summed E-state index contributed by atoms with van der Waals surface area (Å²) in [6.07, 6.45) is 4.71. The molecule has 1 aromatic heterocycles. The molecule has 0 amide bonds. The highest BCUT2D eigenvalue weighted by Crippen LogP contribution is 2.44. The van der Waals surface area contributed by atoms with Crippen LogP contribution in [0.3, 0.4) is 0 Å². The van der Waals surface area contributed by atoms with E-state index >= 15 is 0 Å². The van der Waals surface area contributed by atoms with Crippen LogP contribution in [0.1, 0.15) is 37.5 Å². The highest BCUT2D eigenvalue weighted by Gasteiger charge is 2.41. The van der Waals surface area contributed by atoms with E-state index in [2.05, 4.69) is 10.0 Å². The van der Waals surface area contributed by atoms with E-state index in [1.807, 2.05) is 13.0 Å². The molecular formula is C14H22N2O2S2. The second-order valence-electron chi connectivity index (χ2n) is 5.90. The molecule has 20 heavy (non-hydrogen) atoms. The van der Waals surface area contributed by atoms with Crippen LogP contribution in [-0.4, -0.2) is 21.0 Å². The van der Waals surface area contributed by atoms with Gasteiger partial charge in [0.2, 0.25) is 10.0 Å². The minimum absolute atomic E-state index is 0.165. The van der Waals surface area contributed by atoms with E-state index in [1.165, 1.54) is 30.6 Å². The monoisotopic (exact) mass is 314 g/mol. The van der Waals surface area contributed by atoms with Gasteiger partial charge in [0, 0.05) is 17.5 Å². The zero-order valence-corrected chi connectivity index (χ0v) is 13.4. The Kier molecular flexibility index (Phi) is 4.17. The normalized spacial score (nSPS) is 29.1. The van der Waals surface area contributed by atoms with Crippen LogP contribution >= 0.6 is 11.3 Å². The molecule has 3 unspecified atom stereocenters. The fraction of sp³-hybridized carbons (Fsp3) is 0.714. The van der Waals surface area contributed by atoms with Gasteiger partial charge in [-0.15, -0.1) is 11.3 Å². The minimum atomic E-state index is -3.33. The second kappa shape index (κ2) is 5.75. The van der Waals surface area contributed by atoms with Crippen LogP contribution < -0.4 is 10.0 Å². The van der Waals surface area contributed by atoms with Gasteiger partial charge in [-0.1, -0.05) is 13.3 Å². The molecule has 1 aromatic rings. The summed E-state index contributed by atoms with van der Waals surface area (Å²) < 4.78 is 28.2. The average Bonchev–Trinajstić information content (AvgIpc) is 3.11. The number of rotatable bonds is 6. The predicted octanol–water partition coefficient (Wildman–Crippen LogP) is 2.32. The molecule has 0 aliphatic heterocycles. The quantitative estimate of drug-likeness (QED) is 0.847. The van der Waals surface area contributed by atoms with Crippen molar-refractivity contribution in [3.05, 3.63) is 17.0 Å². The number of fused-ring (bicyclic) bond motifs is 2. The van der Waals surface area contributed by atoms with Crippen LogP contribution in [0.25, 0.3) is 0 Å². The summed E-state index contributed by atoms with van der Waals surface area (Å²) >= 11 is 1.37. The molecule has 0 radical (unpaired) electrons. The van der Waals surface area contributed by atoms with E-state index in [0.717, 1.165) is 30.3 Å². The zero-order valence-electron chi connectivity index (χ0n) is 11.8. The van der Waals surface area contributed by atoms with Crippen molar-refractivity contribution in [3.8, 4) is 0 Å². The summed E-state index contributed by atoms with van der Waals surface area (Å²) in [4.78, 5) is 1.07. The molecule has 2 aliphatic rings. The van der Waals surface area contributed by atoms with Gasteiger partial charge < -0.3 is 5.32 Å². The Morgan fingerprint density at radius 1 is 1.30 bits per heavy atom. The summed E-state index contributed by atoms with van der Waals surface area (Å²) in [5, 5.41) is 3.22. The third kappa shape index (κ3) is 2.93. The largest absolute Gasteiger partial charge is 0.312 e. The summed E-state index contributed by atoms with van der Waals surface area (Å²) in [6.45, 7) is 3.68. The molecule has 0 saturated heterocycles. The fourth-order valence-corrected chi connectivity index (χ4v) is 6.15. The molecule has 0 aromatic carbocycles. The summed E-state index contributed by atoms with van der Waals surface area (Å²) in [6, 6.07) is 3.80. The van der Waals surface area contributed by atoms with Crippen molar-refractivity contribution in [2.75, 3.05) is 6.54 Å². The number of hydrogen-bond acceptors (Lipinski definition) is 4. The van der Waals surface area contributed by atoms with Crippen LogP contribution in [0.5, 0.6) is 0 Å². The molecule has 3 rings (SSSR count). The Labute approximate surface area is 125 Å². The lowest BCUT2D eigenvalue weighted by Crippen LogP contribution is -2.38. The van der Waals surface area contributed by atoms with Gasteiger partial charge in [0.1, 0.15) is 4.21 Å². The number of hydrogen-bond donors (Lipinski definition) is 2. The molecule has 3 atom stereocenters. The van der Waals surface area contributed by atoms with E-state index in [0.29, 0.717) is 10.1 Å². The Balaban J connectivity index is 1.67. The van der Waals surface area contributed by atoms with E-state index in [4.69, 9.17) is 0 Å².